The molecule has 0 spiro atoms. The molecule has 1 heterocycles. The summed E-state index contributed by atoms with van der Waals surface area (Å²) in [6, 6.07) is 23.1. The fourth-order valence-electron chi connectivity index (χ4n) is 3.61. The van der Waals surface area contributed by atoms with Crippen molar-refractivity contribution in [2.45, 2.75) is 5.92 Å². The minimum atomic E-state index is -0.859. The molecular formula is C25H20BrN3O4. The fourth-order valence-corrected chi connectivity index (χ4v) is 4.01. The lowest BCUT2D eigenvalue weighted by Gasteiger charge is -2.15. The van der Waals surface area contributed by atoms with Gasteiger partial charge < -0.3 is 10.1 Å². The van der Waals surface area contributed by atoms with E-state index in [-0.39, 0.29) is 11.8 Å². The van der Waals surface area contributed by atoms with Gasteiger partial charge in [-0.05, 0) is 41.5 Å². The number of rotatable bonds is 6. The number of carbonyl (C=O) groups is 3. The zero-order valence-corrected chi connectivity index (χ0v) is 19.0. The lowest BCUT2D eigenvalue weighted by Crippen LogP contribution is -2.34. The molecule has 1 saturated heterocycles. The molecule has 2 atom stereocenters. The fraction of sp³-hybridized carbons (Fsp3) is 0.120. The number of esters is 1. The summed E-state index contributed by atoms with van der Waals surface area (Å²) in [7, 11) is 0. The third kappa shape index (κ3) is 5.53. The van der Waals surface area contributed by atoms with Gasteiger partial charge >= 0.3 is 5.97 Å². The molecule has 2 unspecified atom stereocenters. The van der Waals surface area contributed by atoms with Gasteiger partial charge in [0, 0.05) is 16.9 Å². The highest BCUT2D eigenvalue weighted by molar-refractivity contribution is 9.10. The Balaban J connectivity index is 1.39. The lowest BCUT2D eigenvalue weighted by atomic mass is 9.88. The summed E-state index contributed by atoms with van der Waals surface area (Å²) in [6.45, 7) is 0.399. The van der Waals surface area contributed by atoms with Gasteiger partial charge in [0.25, 0.3) is 5.91 Å². The molecule has 4 rings (SSSR count). The van der Waals surface area contributed by atoms with Crippen molar-refractivity contribution in [2.75, 3.05) is 6.54 Å². The number of hydrazone groups is 1. The Morgan fingerprint density at radius 1 is 1.03 bits per heavy atom. The summed E-state index contributed by atoms with van der Waals surface area (Å²) >= 11 is 3.33. The Morgan fingerprint density at radius 2 is 1.82 bits per heavy atom. The van der Waals surface area contributed by atoms with Gasteiger partial charge in [0.1, 0.15) is 11.7 Å². The maximum absolute atomic E-state index is 12.7. The Bertz CT molecular complexity index is 1210. The predicted octanol–water partition coefficient (Wildman–Crippen LogP) is 3.65. The first-order chi connectivity index (χ1) is 16.0. The normalized spacial score (nSPS) is 17.5. The third-order valence-electron chi connectivity index (χ3n) is 5.21. The van der Waals surface area contributed by atoms with E-state index in [9.17, 15) is 14.4 Å². The molecule has 0 aliphatic carbocycles. The lowest BCUT2D eigenvalue weighted by molar-refractivity contribution is -0.133. The average Bonchev–Trinajstić information content (AvgIpc) is 3.21. The van der Waals surface area contributed by atoms with Gasteiger partial charge in [-0.1, -0.05) is 64.5 Å². The van der Waals surface area contributed by atoms with E-state index < -0.39 is 17.8 Å². The summed E-state index contributed by atoms with van der Waals surface area (Å²) in [6.07, 6.45) is 1.43. The summed E-state index contributed by atoms with van der Waals surface area (Å²) in [5, 5.41) is 6.73. The molecule has 8 heteroatoms. The van der Waals surface area contributed by atoms with Crippen LogP contribution in [0.5, 0.6) is 5.75 Å². The van der Waals surface area contributed by atoms with E-state index in [4.69, 9.17) is 4.74 Å². The summed E-state index contributed by atoms with van der Waals surface area (Å²) in [5.41, 5.74) is 4.40. The number of hydrogen-bond acceptors (Lipinski definition) is 5. The van der Waals surface area contributed by atoms with E-state index in [1.807, 2.05) is 36.4 Å². The second-order valence-electron chi connectivity index (χ2n) is 7.45. The largest absolute Gasteiger partial charge is 0.423 e. The number of benzene rings is 3. The van der Waals surface area contributed by atoms with Crippen LogP contribution in [0.3, 0.4) is 0 Å². The highest BCUT2D eigenvalue weighted by Crippen LogP contribution is 2.29. The van der Waals surface area contributed by atoms with Crippen LogP contribution in [0, 0.1) is 5.92 Å². The number of carbonyl (C=O) groups excluding carboxylic acids is 3. The van der Waals surface area contributed by atoms with Gasteiger partial charge in [0.05, 0.1) is 11.8 Å². The topological polar surface area (TPSA) is 96.9 Å². The second kappa shape index (κ2) is 10.2. The molecule has 7 nitrogen and oxygen atoms in total. The first-order valence-electron chi connectivity index (χ1n) is 10.2. The SMILES string of the molecule is O=C(Oc1cccc(/C=N\NC(=O)C2C(=O)NCC2c2ccccc2)c1)c1cccc(Br)c1. The van der Waals surface area contributed by atoms with Crippen LogP contribution in [0.25, 0.3) is 0 Å². The predicted molar refractivity (Wildman–Crippen MR) is 127 cm³/mol. The van der Waals surface area contributed by atoms with Crippen LogP contribution in [0.2, 0.25) is 0 Å². The molecule has 0 bridgehead atoms. The Hall–Kier alpha value is -3.78. The molecule has 3 aromatic carbocycles. The maximum atomic E-state index is 12.7. The van der Waals surface area contributed by atoms with E-state index in [1.165, 1.54) is 6.21 Å². The van der Waals surface area contributed by atoms with Crippen molar-refractivity contribution in [3.8, 4) is 5.75 Å². The van der Waals surface area contributed by atoms with Crippen molar-refractivity contribution in [3.63, 3.8) is 0 Å². The molecule has 0 saturated carbocycles. The summed E-state index contributed by atoms with van der Waals surface area (Å²) in [5.74, 6) is -2.06. The van der Waals surface area contributed by atoms with Crippen molar-refractivity contribution in [1.29, 1.82) is 0 Å². The quantitative estimate of drug-likeness (QED) is 0.175. The molecule has 1 aliphatic rings. The van der Waals surface area contributed by atoms with E-state index >= 15 is 0 Å². The van der Waals surface area contributed by atoms with E-state index in [0.29, 0.717) is 23.4 Å². The number of ether oxygens (including phenoxy) is 1. The van der Waals surface area contributed by atoms with Crippen LogP contribution in [0.4, 0.5) is 0 Å². The van der Waals surface area contributed by atoms with Crippen molar-refractivity contribution in [3.05, 3.63) is 100 Å². The number of hydrogen-bond donors (Lipinski definition) is 2. The van der Waals surface area contributed by atoms with Crippen molar-refractivity contribution in [1.82, 2.24) is 10.7 Å². The number of amides is 2. The Morgan fingerprint density at radius 3 is 2.61 bits per heavy atom. The number of halogens is 1. The van der Waals surface area contributed by atoms with Gasteiger partial charge in [0.2, 0.25) is 5.91 Å². The van der Waals surface area contributed by atoms with E-state index in [2.05, 4.69) is 31.8 Å². The molecular weight excluding hydrogens is 486 g/mol. The monoisotopic (exact) mass is 505 g/mol. The molecule has 0 aromatic heterocycles. The first kappa shape index (κ1) is 22.4. The van der Waals surface area contributed by atoms with Gasteiger partial charge in [-0.25, -0.2) is 10.2 Å². The Labute approximate surface area is 199 Å². The van der Waals surface area contributed by atoms with Gasteiger partial charge in [-0.15, -0.1) is 0 Å². The van der Waals surface area contributed by atoms with Gasteiger partial charge in [-0.3, -0.25) is 9.59 Å². The van der Waals surface area contributed by atoms with Crippen LogP contribution in [0.1, 0.15) is 27.4 Å². The minimum Gasteiger partial charge on any atom is -0.423 e. The van der Waals surface area contributed by atoms with Crippen molar-refractivity contribution < 1.29 is 19.1 Å². The maximum Gasteiger partial charge on any atom is 0.343 e. The van der Waals surface area contributed by atoms with Crippen LogP contribution in [-0.2, 0) is 9.59 Å². The molecule has 0 radical (unpaired) electrons. The third-order valence-corrected chi connectivity index (χ3v) is 5.70. The summed E-state index contributed by atoms with van der Waals surface area (Å²) < 4.78 is 6.20. The average molecular weight is 506 g/mol. The van der Waals surface area contributed by atoms with Gasteiger partial charge in [-0.2, -0.15) is 5.10 Å². The minimum absolute atomic E-state index is 0.255. The molecule has 3 aromatic rings. The molecule has 166 valence electrons. The van der Waals surface area contributed by atoms with E-state index in [0.717, 1.165) is 10.0 Å². The van der Waals surface area contributed by atoms with Crippen LogP contribution in [-0.4, -0.2) is 30.5 Å². The number of nitrogens with zero attached hydrogens (tertiary/aromatic N) is 1. The molecule has 1 aliphatic heterocycles. The van der Waals surface area contributed by atoms with Crippen molar-refractivity contribution >= 4 is 39.9 Å². The smallest absolute Gasteiger partial charge is 0.343 e. The summed E-state index contributed by atoms with van der Waals surface area (Å²) in [4.78, 5) is 37.2. The Kier molecular flexibility index (Phi) is 6.95. The highest BCUT2D eigenvalue weighted by Gasteiger charge is 2.40. The van der Waals surface area contributed by atoms with Crippen molar-refractivity contribution in [2.24, 2.45) is 11.0 Å². The van der Waals surface area contributed by atoms with Crippen LogP contribution in [0.15, 0.2) is 88.4 Å². The molecule has 2 N–H and O–H groups in total. The standard InChI is InChI=1S/C25H20BrN3O4/c26-19-10-5-9-18(13-19)25(32)33-20-11-4-6-16(12-20)14-28-29-24(31)22-21(15-27-23(22)30)17-7-2-1-3-8-17/h1-14,21-22H,15H2,(H,27,30)(H,29,31)/b28-14-. The first-order valence-corrected chi connectivity index (χ1v) is 11.0. The zero-order valence-electron chi connectivity index (χ0n) is 17.4. The second-order valence-corrected chi connectivity index (χ2v) is 8.36. The highest BCUT2D eigenvalue weighted by atomic mass is 79.9. The molecule has 1 fully saturated rings. The number of nitrogens with one attached hydrogen (secondary N) is 2. The van der Waals surface area contributed by atoms with Gasteiger partial charge in [0.15, 0.2) is 0 Å². The van der Waals surface area contributed by atoms with Crippen LogP contribution < -0.4 is 15.5 Å². The molecule has 2 amide bonds. The van der Waals surface area contributed by atoms with Crippen LogP contribution >= 0.6 is 15.9 Å². The van der Waals surface area contributed by atoms with E-state index in [1.54, 1.807) is 42.5 Å². The molecule has 33 heavy (non-hydrogen) atoms. The zero-order chi connectivity index (χ0) is 23.2.